The van der Waals surface area contributed by atoms with Crippen molar-refractivity contribution in [1.29, 1.82) is 0 Å². The van der Waals surface area contributed by atoms with Gasteiger partial charge in [-0.15, -0.1) is 0 Å². The van der Waals surface area contributed by atoms with Gasteiger partial charge in [0.05, 0.1) is 12.5 Å². The van der Waals surface area contributed by atoms with Gasteiger partial charge in [-0.1, -0.05) is 6.07 Å². The van der Waals surface area contributed by atoms with Crippen LogP contribution in [0.15, 0.2) is 18.2 Å². The standard InChI is InChI=1S/C13H18O4/c1-13(2,3)12(15)17-8-9-5-6-10(14)11(7-9)16-4/h5-7,14H,8H2,1-4H3. The molecule has 4 heteroatoms. The molecular formula is C13H18O4. The first-order valence-electron chi connectivity index (χ1n) is 5.37. The second kappa shape index (κ2) is 5.08. The second-order valence-corrected chi connectivity index (χ2v) is 4.83. The molecule has 0 aliphatic rings. The fourth-order valence-corrected chi connectivity index (χ4v) is 1.18. The van der Waals surface area contributed by atoms with Crippen molar-refractivity contribution >= 4 is 5.97 Å². The quantitative estimate of drug-likeness (QED) is 0.822. The van der Waals surface area contributed by atoms with Crippen molar-refractivity contribution in [2.45, 2.75) is 27.4 Å². The van der Waals surface area contributed by atoms with Gasteiger partial charge in [-0.25, -0.2) is 0 Å². The van der Waals surface area contributed by atoms with Crippen LogP contribution in [0, 0.1) is 5.41 Å². The van der Waals surface area contributed by atoms with E-state index >= 15 is 0 Å². The molecule has 94 valence electrons. The maximum atomic E-state index is 11.6. The molecule has 0 radical (unpaired) electrons. The number of rotatable bonds is 3. The number of carbonyl (C=O) groups is 1. The molecule has 0 unspecified atom stereocenters. The number of hydrogen-bond acceptors (Lipinski definition) is 4. The fourth-order valence-electron chi connectivity index (χ4n) is 1.18. The fraction of sp³-hybridized carbons (Fsp3) is 0.462. The minimum absolute atomic E-state index is 0.0680. The topological polar surface area (TPSA) is 55.8 Å². The van der Waals surface area contributed by atoms with Crippen molar-refractivity contribution in [3.05, 3.63) is 23.8 Å². The van der Waals surface area contributed by atoms with Crippen LogP contribution >= 0.6 is 0 Å². The number of benzene rings is 1. The van der Waals surface area contributed by atoms with Crippen LogP contribution in [0.5, 0.6) is 11.5 Å². The van der Waals surface area contributed by atoms with E-state index in [0.29, 0.717) is 5.75 Å². The normalized spacial score (nSPS) is 11.1. The molecule has 0 spiro atoms. The zero-order valence-corrected chi connectivity index (χ0v) is 10.6. The monoisotopic (exact) mass is 238 g/mol. The number of methoxy groups -OCH3 is 1. The van der Waals surface area contributed by atoms with Crippen molar-refractivity contribution in [2.24, 2.45) is 5.41 Å². The van der Waals surface area contributed by atoms with E-state index < -0.39 is 5.41 Å². The van der Waals surface area contributed by atoms with Gasteiger partial charge in [0.1, 0.15) is 6.61 Å². The molecule has 4 nitrogen and oxygen atoms in total. The van der Waals surface area contributed by atoms with E-state index in [4.69, 9.17) is 9.47 Å². The molecule has 0 aliphatic carbocycles. The van der Waals surface area contributed by atoms with Crippen LogP contribution in [-0.4, -0.2) is 18.2 Å². The van der Waals surface area contributed by atoms with Crippen LogP contribution < -0.4 is 4.74 Å². The lowest BCUT2D eigenvalue weighted by Crippen LogP contribution is -2.22. The summed E-state index contributed by atoms with van der Waals surface area (Å²) in [6.07, 6.45) is 0. The van der Waals surface area contributed by atoms with Gasteiger partial charge in [-0.3, -0.25) is 4.79 Å². The highest BCUT2D eigenvalue weighted by Gasteiger charge is 2.22. The van der Waals surface area contributed by atoms with Gasteiger partial charge in [0.2, 0.25) is 0 Å². The Labute approximate surface area is 101 Å². The molecule has 0 atom stereocenters. The molecule has 0 aliphatic heterocycles. The van der Waals surface area contributed by atoms with Crippen LogP contribution in [-0.2, 0) is 16.1 Å². The maximum Gasteiger partial charge on any atom is 0.311 e. The molecule has 1 aromatic carbocycles. The highest BCUT2D eigenvalue weighted by molar-refractivity contribution is 5.75. The molecule has 0 saturated carbocycles. The average molecular weight is 238 g/mol. The number of phenolic OH excluding ortho intramolecular Hbond substituents is 1. The Morgan fingerprint density at radius 3 is 2.53 bits per heavy atom. The van der Waals surface area contributed by atoms with E-state index in [9.17, 15) is 9.90 Å². The molecule has 17 heavy (non-hydrogen) atoms. The summed E-state index contributed by atoms with van der Waals surface area (Å²) in [6.45, 7) is 5.57. The third-order valence-electron chi connectivity index (χ3n) is 2.23. The van der Waals surface area contributed by atoms with Gasteiger partial charge in [-0.2, -0.15) is 0 Å². The number of esters is 1. The number of hydrogen-bond donors (Lipinski definition) is 1. The lowest BCUT2D eigenvalue weighted by molar-refractivity contribution is -0.154. The van der Waals surface area contributed by atoms with Gasteiger partial charge >= 0.3 is 5.97 Å². The number of phenols is 1. The molecule has 1 rings (SSSR count). The highest BCUT2D eigenvalue weighted by atomic mass is 16.5. The van der Waals surface area contributed by atoms with Crippen molar-refractivity contribution in [2.75, 3.05) is 7.11 Å². The molecule has 0 amide bonds. The van der Waals surface area contributed by atoms with E-state index in [0.717, 1.165) is 5.56 Å². The first kappa shape index (κ1) is 13.4. The molecule has 1 N–H and O–H groups in total. The van der Waals surface area contributed by atoms with Gasteiger partial charge in [0.15, 0.2) is 11.5 Å². The first-order chi connectivity index (χ1) is 7.84. The Balaban J connectivity index is 2.67. The molecule has 0 heterocycles. The Hall–Kier alpha value is -1.71. The lowest BCUT2D eigenvalue weighted by Gasteiger charge is -2.16. The summed E-state index contributed by atoms with van der Waals surface area (Å²) in [4.78, 5) is 11.6. The minimum atomic E-state index is -0.513. The minimum Gasteiger partial charge on any atom is -0.504 e. The summed E-state index contributed by atoms with van der Waals surface area (Å²) in [5.41, 5.74) is 0.262. The highest BCUT2D eigenvalue weighted by Crippen LogP contribution is 2.27. The average Bonchev–Trinajstić information content (AvgIpc) is 2.26. The van der Waals surface area contributed by atoms with Crippen LogP contribution in [0.2, 0.25) is 0 Å². The van der Waals surface area contributed by atoms with Gasteiger partial charge in [-0.05, 0) is 38.5 Å². The number of ether oxygens (including phenoxy) is 2. The van der Waals surface area contributed by atoms with Crippen molar-refractivity contribution in [1.82, 2.24) is 0 Å². The Kier molecular flexibility index (Phi) is 3.99. The zero-order chi connectivity index (χ0) is 13.1. The maximum absolute atomic E-state index is 11.6. The van der Waals surface area contributed by atoms with Crippen molar-refractivity contribution in [3.63, 3.8) is 0 Å². The molecule has 0 aromatic heterocycles. The molecular weight excluding hydrogens is 220 g/mol. The summed E-state index contributed by atoms with van der Waals surface area (Å²) in [5, 5.41) is 9.41. The molecule has 1 aromatic rings. The summed E-state index contributed by atoms with van der Waals surface area (Å²) in [7, 11) is 1.47. The van der Waals surface area contributed by atoms with E-state index in [2.05, 4.69) is 0 Å². The third-order valence-corrected chi connectivity index (χ3v) is 2.23. The van der Waals surface area contributed by atoms with E-state index in [1.54, 1.807) is 32.9 Å². The molecule has 0 fully saturated rings. The van der Waals surface area contributed by atoms with Crippen LogP contribution in [0.1, 0.15) is 26.3 Å². The predicted octanol–water partition coefficient (Wildman–Crippen LogP) is 2.49. The Morgan fingerprint density at radius 2 is 2.00 bits per heavy atom. The van der Waals surface area contributed by atoms with Crippen LogP contribution in [0.3, 0.4) is 0 Å². The number of aromatic hydroxyl groups is 1. The van der Waals surface area contributed by atoms with Gasteiger partial charge in [0, 0.05) is 0 Å². The second-order valence-electron chi connectivity index (χ2n) is 4.83. The summed E-state index contributed by atoms with van der Waals surface area (Å²) < 4.78 is 10.1. The third kappa shape index (κ3) is 3.66. The first-order valence-corrected chi connectivity index (χ1v) is 5.37. The molecule has 0 bridgehead atoms. The summed E-state index contributed by atoms with van der Waals surface area (Å²) in [5.74, 6) is 0.178. The zero-order valence-electron chi connectivity index (χ0n) is 10.6. The van der Waals surface area contributed by atoms with Gasteiger partial charge < -0.3 is 14.6 Å². The van der Waals surface area contributed by atoms with Crippen LogP contribution in [0.4, 0.5) is 0 Å². The van der Waals surface area contributed by atoms with Crippen LogP contribution in [0.25, 0.3) is 0 Å². The molecule has 0 saturated heterocycles. The predicted molar refractivity (Wildman–Crippen MR) is 63.9 cm³/mol. The SMILES string of the molecule is COc1cc(COC(=O)C(C)(C)C)ccc1O. The Bertz CT molecular complexity index is 404. The smallest absolute Gasteiger partial charge is 0.311 e. The van der Waals surface area contributed by atoms with E-state index in [1.807, 2.05) is 0 Å². The van der Waals surface area contributed by atoms with E-state index in [-0.39, 0.29) is 18.3 Å². The van der Waals surface area contributed by atoms with E-state index in [1.165, 1.54) is 13.2 Å². The summed E-state index contributed by atoms with van der Waals surface area (Å²) >= 11 is 0. The van der Waals surface area contributed by atoms with Crippen molar-refractivity contribution < 1.29 is 19.4 Å². The Morgan fingerprint density at radius 1 is 1.35 bits per heavy atom. The number of carbonyl (C=O) groups excluding carboxylic acids is 1. The van der Waals surface area contributed by atoms with Gasteiger partial charge in [0.25, 0.3) is 0 Å². The lowest BCUT2D eigenvalue weighted by atomic mass is 9.97. The van der Waals surface area contributed by atoms with Crippen molar-refractivity contribution in [3.8, 4) is 11.5 Å². The summed E-state index contributed by atoms with van der Waals surface area (Å²) in [6, 6.07) is 4.85. The largest absolute Gasteiger partial charge is 0.504 e.